The molecule has 0 unspecified atom stereocenters. The molecule has 0 aliphatic heterocycles. The van der Waals surface area contributed by atoms with E-state index < -0.39 is 0 Å². The molecular formula is C30H21N7O. The molecule has 0 saturated carbocycles. The number of nitrogens with zero attached hydrogens (tertiary/aromatic N) is 5. The maximum Gasteiger partial charge on any atom is 0.138 e. The molecule has 0 amide bonds. The largest absolute Gasteiger partial charge is 0.487 e. The summed E-state index contributed by atoms with van der Waals surface area (Å²) in [7, 11) is 0. The minimum Gasteiger partial charge on any atom is -0.487 e. The summed E-state index contributed by atoms with van der Waals surface area (Å²) >= 11 is 0. The molecule has 0 radical (unpaired) electrons. The lowest BCUT2D eigenvalue weighted by Crippen LogP contribution is -1.96. The molecule has 7 rings (SSSR count). The Morgan fingerprint density at radius 2 is 1.63 bits per heavy atom. The Kier molecular flexibility index (Phi) is 5.33. The quantitative estimate of drug-likeness (QED) is 0.284. The number of nitrogens with one attached hydrogen (secondary N) is 2. The zero-order valence-corrected chi connectivity index (χ0v) is 20.2. The number of fused-ring (bicyclic) bond motifs is 2. The van der Waals surface area contributed by atoms with Gasteiger partial charge >= 0.3 is 0 Å². The van der Waals surface area contributed by atoms with E-state index in [2.05, 4.69) is 36.2 Å². The molecule has 0 bridgehead atoms. The molecule has 6 aromatic heterocycles. The zero-order valence-electron chi connectivity index (χ0n) is 20.2. The molecule has 2 N–H and O–H groups in total. The van der Waals surface area contributed by atoms with Crippen molar-refractivity contribution < 1.29 is 4.74 Å². The first-order valence-corrected chi connectivity index (χ1v) is 12.2. The second kappa shape index (κ2) is 9.25. The van der Waals surface area contributed by atoms with Crippen molar-refractivity contribution in [2.24, 2.45) is 0 Å². The Morgan fingerprint density at radius 1 is 0.737 bits per heavy atom. The minimum absolute atomic E-state index is 0.473. The fourth-order valence-corrected chi connectivity index (χ4v) is 4.56. The van der Waals surface area contributed by atoms with E-state index in [9.17, 15) is 0 Å². The maximum atomic E-state index is 5.98. The van der Waals surface area contributed by atoms with Gasteiger partial charge in [0.1, 0.15) is 23.6 Å². The zero-order chi connectivity index (χ0) is 25.3. The van der Waals surface area contributed by atoms with E-state index in [1.807, 2.05) is 79.3 Å². The van der Waals surface area contributed by atoms with E-state index in [-0.39, 0.29) is 0 Å². The van der Waals surface area contributed by atoms with Crippen LogP contribution in [0.5, 0.6) is 5.75 Å². The van der Waals surface area contributed by atoms with Crippen LogP contribution in [0.4, 0.5) is 0 Å². The fourth-order valence-electron chi connectivity index (χ4n) is 4.56. The molecule has 182 valence electrons. The second-order valence-corrected chi connectivity index (χ2v) is 8.92. The van der Waals surface area contributed by atoms with Crippen molar-refractivity contribution in [3.63, 3.8) is 0 Å². The van der Waals surface area contributed by atoms with Gasteiger partial charge in [-0.05, 0) is 35.9 Å². The molecule has 8 heteroatoms. The first-order chi connectivity index (χ1) is 18.8. The van der Waals surface area contributed by atoms with Crippen molar-refractivity contribution in [1.82, 2.24) is 35.1 Å². The number of rotatable bonds is 6. The Bertz CT molecular complexity index is 1880. The number of aromatic amines is 2. The van der Waals surface area contributed by atoms with Crippen molar-refractivity contribution in [3.8, 4) is 39.5 Å². The van der Waals surface area contributed by atoms with Crippen molar-refractivity contribution in [1.29, 1.82) is 0 Å². The van der Waals surface area contributed by atoms with Gasteiger partial charge in [-0.3, -0.25) is 20.1 Å². The number of pyridine rings is 4. The lowest BCUT2D eigenvalue weighted by Gasteiger charge is -2.08. The summed E-state index contributed by atoms with van der Waals surface area (Å²) in [5.74, 6) is 0.687. The SMILES string of the molecule is c1ccc(COc2cncc(-c3ccc4[nH]nc(-c5cc6c(-c7cccnc7)cncc6[nH]5)c4n3)c2)cc1. The highest BCUT2D eigenvalue weighted by atomic mass is 16.5. The molecule has 38 heavy (non-hydrogen) atoms. The van der Waals surface area contributed by atoms with Crippen LogP contribution in [0.15, 0.2) is 104 Å². The fraction of sp³-hybridized carbons (Fsp3) is 0.0333. The summed E-state index contributed by atoms with van der Waals surface area (Å²) in [6, 6.07) is 22.0. The summed E-state index contributed by atoms with van der Waals surface area (Å²) < 4.78 is 5.98. The van der Waals surface area contributed by atoms with Gasteiger partial charge in [-0.1, -0.05) is 36.4 Å². The first-order valence-electron chi connectivity index (χ1n) is 12.2. The standard InChI is InChI=1S/C30H21N7O/c1-2-5-19(6-3-1)18-38-22-11-21(14-32-15-22)25-8-9-26-29(35-25)30(37-36-26)27-12-23-24(16-33-17-28(23)34-27)20-7-4-10-31-13-20/h1-17,34H,18H2,(H,36,37). The van der Waals surface area contributed by atoms with E-state index in [4.69, 9.17) is 9.72 Å². The Hall–Kier alpha value is -5.37. The van der Waals surface area contributed by atoms with Gasteiger partial charge in [-0.2, -0.15) is 5.10 Å². The van der Waals surface area contributed by atoms with Crippen molar-refractivity contribution in [3.05, 3.63) is 109 Å². The predicted molar refractivity (Wildman–Crippen MR) is 146 cm³/mol. The summed E-state index contributed by atoms with van der Waals surface area (Å²) in [5.41, 5.74) is 8.87. The molecule has 0 spiro atoms. The highest BCUT2D eigenvalue weighted by molar-refractivity contribution is 5.99. The Labute approximate surface area is 217 Å². The third-order valence-electron chi connectivity index (χ3n) is 6.44. The number of hydrogen-bond acceptors (Lipinski definition) is 6. The van der Waals surface area contributed by atoms with Crippen molar-refractivity contribution in [2.75, 3.05) is 0 Å². The molecule has 8 nitrogen and oxygen atoms in total. The van der Waals surface area contributed by atoms with E-state index in [0.29, 0.717) is 12.4 Å². The topological polar surface area (TPSA) is 105 Å². The molecule has 0 atom stereocenters. The molecule has 0 saturated heterocycles. The third kappa shape index (κ3) is 4.04. The van der Waals surface area contributed by atoms with Gasteiger partial charge in [0.25, 0.3) is 0 Å². The number of hydrogen-bond donors (Lipinski definition) is 2. The highest BCUT2D eigenvalue weighted by Gasteiger charge is 2.16. The Balaban J connectivity index is 1.24. The number of H-pyrrole nitrogens is 2. The summed E-state index contributed by atoms with van der Waals surface area (Å²) in [6.45, 7) is 0.473. The van der Waals surface area contributed by atoms with Crippen LogP contribution in [0, 0.1) is 0 Å². The number of ether oxygens (including phenoxy) is 1. The van der Waals surface area contributed by atoms with Crippen LogP contribution in [0.2, 0.25) is 0 Å². The monoisotopic (exact) mass is 495 g/mol. The van der Waals surface area contributed by atoms with Crippen LogP contribution in [0.1, 0.15) is 5.56 Å². The van der Waals surface area contributed by atoms with Gasteiger partial charge < -0.3 is 9.72 Å². The molecule has 7 aromatic rings. The summed E-state index contributed by atoms with van der Waals surface area (Å²) in [4.78, 5) is 21.5. The van der Waals surface area contributed by atoms with Gasteiger partial charge in [-0.15, -0.1) is 0 Å². The van der Waals surface area contributed by atoms with E-state index in [1.54, 1.807) is 18.6 Å². The van der Waals surface area contributed by atoms with Crippen LogP contribution in [-0.2, 0) is 6.61 Å². The predicted octanol–water partition coefficient (Wildman–Crippen LogP) is 6.20. The lowest BCUT2D eigenvalue weighted by atomic mass is 10.1. The van der Waals surface area contributed by atoms with Crippen LogP contribution >= 0.6 is 0 Å². The van der Waals surface area contributed by atoms with E-state index in [0.717, 1.165) is 61.3 Å². The van der Waals surface area contributed by atoms with E-state index in [1.165, 1.54) is 0 Å². The van der Waals surface area contributed by atoms with Crippen molar-refractivity contribution >= 4 is 21.9 Å². The average molecular weight is 496 g/mol. The Morgan fingerprint density at radius 3 is 2.53 bits per heavy atom. The average Bonchev–Trinajstić information content (AvgIpc) is 3.61. The van der Waals surface area contributed by atoms with Crippen molar-refractivity contribution in [2.45, 2.75) is 6.61 Å². The maximum absolute atomic E-state index is 5.98. The normalized spacial score (nSPS) is 11.3. The van der Waals surface area contributed by atoms with Crippen LogP contribution < -0.4 is 4.74 Å². The number of aromatic nitrogens is 7. The van der Waals surface area contributed by atoms with Gasteiger partial charge in [0.15, 0.2) is 0 Å². The molecule has 6 heterocycles. The molecular weight excluding hydrogens is 474 g/mol. The van der Waals surface area contributed by atoms with E-state index >= 15 is 0 Å². The van der Waals surface area contributed by atoms with Crippen LogP contribution in [0.25, 0.3) is 55.7 Å². The molecule has 0 fully saturated rings. The van der Waals surface area contributed by atoms with Crippen LogP contribution in [0.3, 0.4) is 0 Å². The molecule has 0 aliphatic rings. The van der Waals surface area contributed by atoms with Crippen LogP contribution in [-0.4, -0.2) is 35.1 Å². The third-order valence-corrected chi connectivity index (χ3v) is 6.44. The number of benzene rings is 1. The van der Waals surface area contributed by atoms with Gasteiger partial charge in [-0.25, -0.2) is 4.98 Å². The summed E-state index contributed by atoms with van der Waals surface area (Å²) in [5, 5.41) is 8.74. The first kappa shape index (κ1) is 21.9. The van der Waals surface area contributed by atoms with Gasteiger partial charge in [0.2, 0.25) is 0 Å². The lowest BCUT2D eigenvalue weighted by molar-refractivity contribution is 0.305. The van der Waals surface area contributed by atoms with Gasteiger partial charge in [0, 0.05) is 46.9 Å². The summed E-state index contributed by atoms with van der Waals surface area (Å²) in [6.07, 6.45) is 10.8. The molecule has 0 aliphatic carbocycles. The molecule has 1 aromatic carbocycles. The second-order valence-electron chi connectivity index (χ2n) is 8.92. The van der Waals surface area contributed by atoms with Gasteiger partial charge in [0.05, 0.1) is 34.8 Å². The minimum atomic E-state index is 0.473. The smallest absolute Gasteiger partial charge is 0.138 e. The highest BCUT2D eigenvalue weighted by Crippen LogP contribution is 2.33.